The highest BCUT2D eigenvalue weighted by molar-refractivity contribution is 5.88. The Labute approximate surface area is 177 Å². The molecule has 2 rings (SSSR count). The van der Waals surface area contributed by atoms with Crippen molar-refractivity contribution in [1.29, 1.82) is 0 Å². The lowest BCUT2D eigenvalue weighted by atomic mass is 10.1. The zero-order valence-corrected chi connectivity index (χ0v) is 17.7. The van der Waals surface area contributed by atoms with Crippen LogP contribution in [0.2, 0.25) is 0 Å². The first-order valence-electron chi connectivity index (χ1n) is 10.1. The standard InChI is InChI=1S/C23H29FN2O4/c1-4-14-25-23(28)20(5-2)26(15-17-10-12-18(29-3)13-11-17)22(27)16-30-21-9-7-6-8-19(21)24/h6-13,20H,4-5,14-16H2,1-3H3,(H,25,28)/t20-/m1/s1. The normalized spacial score (nSPS) is 11.5. The predicted molar refractivity (Wildman–Crippen MR) is 113 cm³/mol. The third-order valence-electron chi connectivity index (χ3n) is 4.63. The maximum absolute atomic E-state index is 13.8. The highest BCUT2D eigenvalue weighted by Crippen LogP contribution is 2.18. The largest absolute Gasteiger partial charge is 0.497 e. The Morgan fingerprint density at radius 1 is 1.10 bits per heavy atom. The van der Waals surface area contributed by atoms with Gasteiger partial charge in [-0.3, -0.25) is 9.59 Å². The molecule has 2 aromatic carbocycles. The summed E-state index contributed by atoms with van der Waals surface area (Å²) in [6.45, 7) is 4.20. The molecule has 2 aromatic rings. The maximum Gasteiger partial charge on any atom is 0.261 e. The summed E-state index contributed by atoms with van der Waals surface area (Å²) in [5.74, 6) is -0.453. The van der Waals surface area contributed by atoms with Crippen LogP contribution in [0.4, 0.5) is 4.39 Å². The summed E-state index contributed by atoms with van der Waals surface area (Å²) in [5, 5.41) is 2.85. The lowest BCUT2D eigenvalue weighted by molar-refractivity contribution is -0.143. The van der Waals surface area contributed by atoms with Gasteiger partial charge in [-0.2, -0.15) is 0 Å². The molecular weight excluding hydrogens is 387 g/mol. The lowest BCUT2D eigenvalue weighted by Crippen LogP contribution is -2.50. The Morgan fingerprint density at radius 3 is 2.40 bits per heavy atom. The third kappa shape index (κ3) is 6.47. The van der Waals surface area contributed by atoms with Crippen LogP contribution in [0.5, 0.6) is 11.5 Å². The van der Waals surface area contributed by atoms with Crippen LogP contribution >= 0.6 is 0 Å². The van der Waals surface area contributed by atoms with Gasteiger partial charge in [0.05, 0.1) is 7.11 Å². The summed E-state index contributed by atoms with van der Waals surface area (Å²) in [4.78, 5) is 27.2. The first-order valence-corrected chi connectivity index (χ1v) is 10.1. The van der Waals surface area contributed by atoms with E-state index in [1.165, 1.54) is 17.0 Å². The van der Waals surface area contributed by atoms with Crippen LogP contribution in [0.3, 0.4) is 0 Å². The van der Waals surface area contributed by atoms with Gasteiger partial charge in [-0.15, -0.1) is 0 Å². The minimum atomic E-state index is -0.657. The second kappa shape index (κ2) is 11.8. The van der Waals surface area contributed by atoms with Crippen molar-refractivity contribution in [3.8, 4) is 11.5 Å². The number of hydrogen-bond donors (Lipinski definition) is 1. The summed E-state index contributed by atoms with van der Waals surface area (Å²) in [5.41, 5.74) is 0.844. The molecule has 30 heavy (non-hydrogen) atoms. The van der Waals surface area contributed by atoms with Gasteiger partial charge in [0, 0.05) is 13.1 Å². The Morgan fingerprint density at radius 2 is 1.80 bits per heavy atom. The fourth-order valence-electron chi connectivity index (χ4n) is 3.00. The molecule has 2 amide bonds. The van der Waals surface area contributed by atoms with Crippen LogP contribution in [0.15, 0.2) is 48.5 Å². The van der Waals surface area contributed by atoms with Crippen LogP contribution in [0.1, 0.15) is 32.3 Å². The first-order chi connectivity index (χ1) is 14.5. The van der Waals surface area contributed by atoms with Gasteiger partial charge >= 0.3 is 0 Å². The van der Waals surface area contributed by atoms with Crippen LogP contribution in [0.25, 0.3) is 0 Å². The minimum absolute atomic E-state index is 0.00118. The number of carbonyl (C=O) groups is 2. The van der Waals surface area contributed by atoms with Gasteiger partial charge in [0.2, 0.25) is 5.91 Å². The van der Waals surface area contributed by atoms with Gasteiger partial charge in [-0.05, 0) is 42.7 Å². The van der Waals surface area contributed by atoms with Crippen molar-refractivity contribution in [2.24, 2.45) is 0 Å². The zero-order chi connectivity index (χ0) is 21.9. The topological polar surface area (TPSA) is 67.9 Å². The van der Waals surface area contributed by atoms with E-state index >= 15 is 0 Å². The molecule has 0 radical (unpaired) electrons. The number of hydrogen-bond acceptors (Lipinski definition) is 4. The van der Waals surface area contributed by atoms with Crippen molar-refractivity contribution in [3.63, 3.8) is 0 Å². The summed E-state index contributed by atoms with van der Waals surface area (Å²) < 4.78 is 24.4. The van der Waals surface area contributed by atoms with Gasteiger partial charge in [0.15, 0.2) is 18.2 Å². The van der Waals surface area contributed by atoms with E-state index in [-0.39, 0.29) is 24.8 Å². The van der Waals surface area contributed by atoms with Crippen LogP contribution < -0.4 is 14.8 Å². The molecule has 0 unspecified atom stereocenters. The number of carbonyl (C=O) groups excluding carboxylic acids is 2. The van der Waals surface area contributed by atoms with Crippen LogP contribution in [-0.2, 0) is 16.1 Å². The van der Waals surface area contributed by atoms with E-state index in [1.54, 1.807) is 31.4 Å². The monoisotopic (exact) mass is 416 g/mol. The Kier molecular flexibility index (Phi) is 9.12. The van der Waals surface area contributed by atoms with E-state index in [9.17, 15) is 14.0 Å². The van der Waals surface area contributed by atoms with Gasteiger partial charge in [0.25, 0.3) is 5.91 Å². The van der Waals surface area contributed by atoms with Crippen molar-refractivity contribution in [2.45, 2.75) is 39.3 Å². The maximum atomic E-state index is 13.8. The van der Waals surface area contributed by atoms with Crippen LogP contribution in [-0.4, -0.2) is 43.0 Å². The number of nitrogens with zero attached hydrogens (tertiary/aromatic N) is 1. The molecule has 7 heteroatoms. The zero-order valence-electron chi connectivity index (χ0n) is 17.7. The third-order valence-corrected chi connectivity index (χ3v) is 4.63. The molecular formula is C23H29FN2O4. The molecule has 1 N–H and O–H groups in total. The van der Waals surface area contributed by atoms with Crippen LogP contribution in [0, 0.1) is 5.82 Å². The minimum Gasteiger partial charge on any atom is -0.497 e. The number of amides is 2. The van der Waals surface area contributed by atoms with Crippen molar-refractivity contribution < 1.29 is 23.5 Å². The molecule has 0 aliphatic heterocycles. The molecule has 0 fully saturated rings. The Balaban J connectivity index is 2.20. The smallest absolute Gasteiger partial charge is 0.261 e. The molecule has 0 heterocycles. The molecule has 0 bridgehead atoms. The second-order valence-electron chi connectivity index (χ2n) is 6.80. The molecule has 0 aromatic heterocycles. The van der Waals surface area contributed by atoms with E-state index in [2.05, 4.69) is 5.32 Å². The number of benzene rings is 2. The SMILES string of the molecule is CCCNC(=O)[C@@H](CC)N(Cc1ccc(OC)cc1)C(=O)COc1ccccc1F. The summed E-state index contributed by atoms with van der Waals surface area (Å²) in [6, 6.07) is 12.5. The summed E-state index contributed by atoms with van der Waals surface area (Å²) in [7, 11) is 1.58. The van der Waals surface area contributed by atoms with Crippen molar-refractivity contribution in [2.75, 3.05) is 20.3 Å². The highest BCUT2D eigenvalue weighted by Gasteiger charge is 2.28. The van der Waals surface area contributed by atoms with E-state index in [0.717, 1.165) is 12.0 Å². The molecule has 6 nitrogen and oxygen atoms in total. The Hall–Kier alpha value is -3.09. The molecule has 0 spiro atoms. The average molecular weight is 416 g/mol. The van der Waals surface area contributed by atoms with Crippen molar-refractivity contribution >= 4 is 11.8 Å². The van der Waals surface area contributed by atoms with E-state index < -0.39 is 17.8 Å². The molecule has 0 aliphatic rings. The van der Waals surface area contributed by atoms with Crippen molar-refractivity contribution in [1.82, 2.24) is 10.2 Å². The van der Waals surface area contributed by atoms with Gasteiger partial charge in [-0.25, -0.2) is 4.39 Å². The fourth-order valence-corrected chi connectivity index (χ4v) is 3.00. The quantitative estimate of drug-likeness (QED) is 0.608. The average Bonchev–Trinajstić information content (AvgIpc) is 2.77. The molecule has 0 aliphatic carbocycles. The number of nitrogens with one attached hydrogen (secondary N) is 1. The predicted octanol–water partition coefficient (Wildman–Crippen LogP) is 3.55. The van der Waals surface area contributed by atoms with Gasteiger partial charge < -0.3 is 19.7 Å². The summed E-state index contributed by atoms with van der Waals surface area (Å²) in [6.07, 6.45) is 1.24. The molecule has 1 atom stereocenters. The van der Waals surface area contributed by atoms with Gasteiger partial charge in [-0.1, -0.05) is 38.1 Å². The van der Waals surface area contributed by atoms with E-state index in [0.29, 0.717) is 18.7 Å². The Bertz CT molecular complexity index is 826. The number of para-hydroxylation sites is 1. The van der Waals surface area contributed by atoms with Gasteiger partial charge in [0.1, 0.15) is 11.8 Å². The first kappa shape index (κ1) is 23.2. The lowest BCUT2D eigenvalue weighted by Gasteiger charge is -2.30. The summed E-state index contributed by atoms with van der Waals surface area (Å²) >= 11 is 0. The molecule has 0 saturated heterocycles. The van der Waals surface area contributed by atoms with E-state index in [1.807, 2.05) is 26.0 Å². The molecule has 162 valence electrons. The van der Waals surface area contributed by atoms with E-state index in [4.69, 9.17) is 9.47 Å². The molecule has 0 saturated carbocycles. The number of rotatable bonds is 11. The fraction of sp³-hybridized carbons (Fsp3) is 0.391. The second-order valence-corrected chi connectivity index (χ2v) is 6.80. The highest BCUT2D eigenvalue weighted by atomic mass is 19.1. The number of methoxy groups -OCH3 is 1. The number of halogens is 1. The number of ether oxygens (including phenoxy) is 2. The van der Waals surface area contributed by atoms with Crippen molar-refractivity contribution in [3.05, 3.63) is 59.9 Å².